The van der Waals surface area contributed by atoms with Crippen LogP contribution < -0.4 is 0 Å². The van der Waals surface area contributed by atoms with Gasteiger partial charge in [-0.05, 0) is 46.5 Å². The van der Waals surface area contributed by atoms with E-state index in [1.54, 1.807) is 11.8 Å². The van der Waals surface area contributed by atoms with E-state index in [0.29, 0.717) is 38.2 Å². The van der Waals surface area contributed by atoms with Crippen molar-refractivity contribution < 1.29 is 19.1 Å². The van der Waals surface area contributed by atoms with Gasteiger partial charge in [0.25, 0.3) is 5.91 Å². The molecule has 8 nitrogen and oxygen atoms in total. The molecule has 0 N–H and O–H groups in total. The topological polar surface area (TPSA) is 84.7 Å². The zero-order valence-electron chi connectivity index (χ0n) is 17.9. The smallest absolute Gasteiger partial charge is 0.309 e. The Morgan fingerprint density at radius 2 is 1.59 bits per heavy atom. The second-order valence-electron chi connectivity index (χ2n) is 8.02. The van der Waals surface area contributed by atoms with Gasteiger partial charge < -0.3 is 19.1 Å². The standard InChI is InChI=1S/C21H32N4O4/c1-5-29-21(28)17-6-10-24(11-7-17)20(27)19-14(2)25(15(3)22-19)18-8-12-23(13-9-18)16(4)26/h17-18H,5-13H2,1-4H3. The molecule has 0 atom stereocenters. The number of piperidine rings is 2. The minimum atomic E-state index is -0.159. The third-order valence-electron chi connectivity index (χ3n) is 6.21. The molecular weight excluding hydrogens is 372 g/mol. The van der Waals surface area contributed by atoms with E-state index in [-0.39, 0.29) is 29.7 Å². The molecular formula is C21H32N4O4. The van der Waals surface area contributed by atoms with Crippen LogP contribution in [0.15, 0.2) is 0 Å². The molecule has 29 heavy (non-hydrogen) atoms. The van der Waals surface area contributed by atoms with Crippen LogP contribution in [-0.2, 0) is 14.3 Å². The molecule has 160 valence electrons. The molecule has 3 rings (SSSR count). The highest BCUT2D eigenvalue weighted by Gasteiger charge is 2.32. The molecule has 0 saturated carbocycles. The van der Waals surface area contributed by atoms with Crippen molar-refractivity contribution in [2.75, 3.05) is 32.8 Å². The average Bonchev–Trinajstić information content (AvgIpc) is 3.01. The Morgan fingerprint density at radius 3 is 2.14 bits per heavy atom. The quantitative estimate of drug-likeness (QED) is 0.718. The number of esters is 1. The lowest BCUT2D eigenvalue weighted by Crippen LogP contribution is -2.41. The summed E-state index contributed by atoms with van der Waals surface area (Å²) in [6.07, 6.45) is 3.01. The monoisotopic (exact) mass is 404 g/mol. The SMILES string of the molecule is CCOC(=O)C1CCN(C(=O)c2nc(C)n(C3CCN(C(C)=O)CC3)c2C)CC1. The van der Waals surface area contributed by atoms with E-state index in [1.807, 2.05) is 25.7 Å². The summed E-state index contributed by atoms with van der Waals surface area (Å²) in [6, 6.07) is 0.259. The van der Waals surface area contributed by atoms with Crippen molar-refractivity contribution in [3.05, 3.63) is 17.2 Å². The van der Waals surface area contributed by atoms with Crippen molar-refractivity contribution in [1.29, 1.82) is 0 Å². The molecule has 2 amide bonds. The van der Waals surface area contributed by atoms with Gasteiger partial charge in [-0.15, -0.1) is 0 Å². The largest absolute Gasteiger partial charge is 0.466 e. The van der Waals surface area contributed by atoms with Crippen LogP contribution in [0.1, 0.15) is 67.6 Å². The molecule has 1 aromatic rings. The van der Waals surface area contributed by atoms with Crippen LogP contribution in [0.2, 0.25) is 0 Å². The third kappa shape index (κ3) is 4.46. The first-order valence-electron chi connectivity index (χ1n) is 10.6. The summed E-state index contributed by atoms with van der Waals surface area (Å²) in [6.45, 7) is 10.3. The van der Waals surface area contributed by atoms with Crippen molar-refractivity contribution in [3.63, 3.8) is 0 Å². The van der Waals surface area contributed by atoms with E-state index in [9.17, 15) is 14.4 Å². The summed E-state index contributed by atoms with van der Waals surface area (Å²) in [7, 11) is 0. The van der Waals surface area contributed by atoms with E-state index >= 15 is 0 Å². The molecule has 0 spiro atoms. The second kappa shape index (κ2) is 8.97. The number of aryl methyl sites for hydroxylation is 1. The lowest BCUT2D eigenvalue weighted by molar-refractivity contribution is -0.149. The fourth-order valence-electron chi connectivity index (χ4n) is 4.56. The Hall–Kier alpha value is -2.38. The van der Waals surface area contributed by atoms with Gasteiger partial charge in [0, 0.05) is 44.8 Å². The number of imidazole rings is 1. The zero-order valence-corrected chi connectivity index (χ0v) is 17.9. The Morgan fingerprint density at radius 1 is 1.00 bits per heavy atom. The first-order chi connectivity index (χ1) is 13.8. The number of aromatic nitrogens is 2. The Kier molecular flexibility index (Phi) is 6.59. The summed E-state index contributed by atoms with van der Waals surface area (Å²) < 4.78 is 7.27. The number of hydrogen-bond donors (Lipinski definition) is 0. The van der Waals surface area contributed by atoms with Gasteiger partial charge in [-0.3, -0.25) is 14.4 Å². The maximum Gasteiger partial charge on any atom is 0.309 e. The van der Waals surface area contributed by atoms with Gasteiger partial charge in [-0.2, -0.15) is 0 Å². The van der Waals surface area contributed by atoms with Gasteiger partial charge in [0.05, 0.1) is 12.5 Å². The molecule has 2 aliphatic rings. The summed E-state index contributed by atoms with van der Waals surface area (Å²) in [5.41, 5.74) is 1.40. The number of hydrogen-bond acceptors (Lipinski definition) is 5. The lowest BCUT2D eigenvalue weighted by atomic mass is 9.96. The minimum Gasteiger partial charge on any atom is -0.466 e. The maximum atomic E-state index is 13.1. The van der Waals surface area contributed by atoms with Crippen LogP contribution in [0.25, 0.3) is 0 Å². The molecule has 0 aliphatic carbocycles. The molecule has 0 bridgehead atoms. The van der Waals surface area contributed by atoms with Gasteiger partial charge in [-0.1, -0.05) is 0 Å². The first-order valence-corrected chi connectivity index (χ1v) is 10.6. The normalized spacial score (nSPS) is 18.8. The predicted molar refractivity (Wildman–Crippen MR) is 107 cm³/mol. The van der Waals surface area contributed by atoms with Crippen molar-refractivity contribution >= 4 is 17.8 Å². The molecule has 8 heteroatoms. The van der Waals surface area contributed by atoms with Crippen molar-refractivity contribution in [2.45, 2.75) is 59.4 Å². The second-order valence-corrected chi connectivity index (χ2v) is 8.02. The average molecular weight is 405 g/mol. The highest BCUT2D eigenvalue weighted by molar-refractivity contribution is 5.93. The highest BCUT2D eigenvalue weighted by Crippen LogP contribution is 2.28. The Balaban J connectivity index is 1.66. The predicted octanol–water partition coefficient (Wildman–Crippen LogP) is 2.10. The van der Waals surface area contributed by atoms with Gasteiger partial charge in [0.15, 0.2) is 0 Å². The molecule has 2 fully saturated rings. The highest BCUT2D eigenvalue weighted by atomic mass is 16.5. The maximum absolute atomic E-state index is 13.1. The lowest BCUT2D eigenvalue weighted by Gasteiger charge is -2.33. The van der Waals surface area contributed by atoms with Crippen molar-refractivity contribution in [1.82, 2.24) is 19.4 Å². The molecule has 2 aliphatic heterocycles. The van der Waals surface area contributed by atoms with Crippen LogP contribution in [0.4, 0.5) is 0 Å². The number of ether oxygens (including phenoxy) is 1. The number of likely N-dealkylation sites (tertiary alicyclic amines) is 2. The number of amides is 2. The minimum absolute atomic E-state index is 0.0622. The van der Waals surface area contributed by atoms with Gasteiger partial charge >= 0.3 is 5.97 Å². The van der Waals surface area contributed by atoms with E-state index in [1.165, 1.54) is 0 Å². The first kappa shape index (κ1) is 21.3. The fraction of sp³-hybridized carbons (Fsp3) is 0.714. The molecule has 0 aromatic carbocycles. The van der Waals surface area contributed by atoms with Crippen LogP contribution in [0.3, 0.4) is 0 Å². The zero-order chi connectivity index (χ0) is 21.1. The number of rotatable bonds is 4. The summed E-state index contributed by atoms with van der Waals surface area (Å²) in [5.74, 6) is 0.615. The van der Waals surface area contributed by atoms with Crippen LogP contribution >= 0.6 is 0 Å². The van der Waals surface area contributed by atoms with Gasteiger partial charge in [0.1, 0.15) is 11.5 Å². The van der Waals surface area contributed by atoms with Crippen LogP contribution in [-0.4, -0.2) is 69.9 Å². The van der Waals surface area contributed by atoms with E-state index in [0.717, 1.165) is 37.4 Å². The van der Waals surface area contributed by atoms with Crippen molar-refractivity contribution in [2.24, 2.45) is 5.92 Å². The Labute approximate surface area is 172 Å². The molecule has 3 heterocycles. The van der Waals surface area contributed by atoms with E-state index in [4.69, 9.17) is 4.74 Å². The number of carbonyl (C=O) groups excluding carboxylic acids is 3. The van der Waals surface area contributed by atoms with E-state index < -0.39 is 0 Å². The number of nitrogens with zero attached hydrogens (tertiary/aromatic N) is 4. The van der Waals surface area contributed by atoms with Crippen LogP contribution in [0.5, 0.6) is 0 Å². The molecule has 0 radical (unpaired) electrons. The summed E-state index contributed by atoms with van der Waals surface area (Å²) in [4.78, 5) is 44.9. The summed E-state index contributed by atoms with van der Waals surface area (Å²) >= 11 is 0. The molecule has 0 unspecified atom stereocenters. The molecule has 2 saturated heterocycles. The van der Waals surface area contributed by atoms with E-state index in [2.05, 4.69) is 9.55 Å². The number of carbonyl (C=O) groups is 3. The summed E-state index contributed by atoms with van der Waals surface area (Å²) in [5, 5.41) is 0. The van der Waals surface area contributed by atoms with Crippen LogP contribution in [0, 0.1) is 19.8 Å². The Bertz CT molecular complexity index is 772. The fourth-order valence-corrected chi connectivity index (χ4v) is 4.56. The third-order valence-corrected chi connectivity index (χ3v) is 6.21. The molecule has 1 aromatic heterocycles. The van der Waals surface area contributed by atoms with Crippen molar-refractivity contribution in [3.8, 4) is 0 Å². The van der Waals surface area contributed by atoms with Gasteiger partial charge in [-0.25, -0.2) is 4.98 Å². The van der Waals surface area contributed by atoms with Gasteiger partial charge in [0.2, 0.25) is 5.91 Å².